The van der Waals surface area contributed by atoms with Gasteiger partial charge in [0, 0.05) is 5.56 Å². The molecule has 0 N–H and O–H groups in total. The van der Waals surface area contributed by atoms with Gasteiger partial charge in [0.1, 0.15) is 5.82 Å². The van der Waals surface area contributed by atoms with Crippen LogP contribution in [0.25, 0.3) is 16.8 Å². The Hall–Kier alpha value is -2.23. The van der Waals surface area contributed by atoms with Gasteiger partial charge in [-0.05, 0) is 36.8 Å². The molecule has 1 aromatic carbocycles. The van der Waals surface area contributed by atoms with Crippen LogP contribution in [-0.2, 0) is 0 Å². The van der Waals surface area contributed by atoms with Gasteiger partial charge < -0.3 is 0 Å². The van der Waals surface area contributed by atoms with Gasteiger partial charge in [0.2, 0.25) is 0 Å². The smallest absolute Gasteiger partial charge is 0.123 e. The first-order valence-electron chi connectivity index (χ1n) is 5.30. The van der Waals surface area contributed by atoms with Crippen molar-refractivity contribution in [3.63, 3.8) is 0 Å². The Labute approximate surface area is 97.5 Å². The van der Waals surface area contributed by atoms with Crippen LogP contribution in [0.5, 0.6) is 0 Å². The third kappa shape index (κ3) is 1.67. The molecule has 0 fully saturated rings. The monoisotopic (exact) mass is 227 g/mol. The molecule has 0 saturated heterocycles. The molecule has 0 spiro atoms. The van der Waals surface area contributed by atoms with Crippen LogP contribution in [0.4, 0.5) is 4.39 Å². The molecule has 3 rings (SSSR count). The van der Waals surface area contributed by atoms with Gasteiger partial charge in [-0.3, -0.25) is 4.98 Å². The van der Waals surface area contributed by atoms with E-state index in [1.165, 1.54) is 12.1 Å². The number of hydrogen-bond acceptors (Lipinski definition) is 2. The fraction of sp³-hybridized carbons (Fsp3) is 0.0769. The zero-order valence-electron chi connectivity index (χ0n) is 9.26. The number of nitrogens with zero attached hydrogens (tertiary/aromatic N) is 3. The van der Waals surface area contributed by atoms with Crippen LogP contribution >= 0.6 is 0 Å². The molecule has 0 amide bonds. The largest absolute Gasteiger partial charge is 0.252 e. The fourth-order valence-electron chi connectivity index (χ4n) is 1.77. The molecule has 2 heterocycles. The van der Waals surface area contributed by atoms with Crippen LogP contribution < -0.4 is 0 Å². The van der Waals surface area contributed by atoms with Crippen molar-refractivity contribution in [1.29, 1.82) is 0 Å². The number of fused-ring (bicyclic) bond motifs is 1. The van der Waals surface area contributed by atoms with Crippen molar-refractivity contribution in [2.45, 2.75) is 6.92 Å². The molecular weight excluding hydrogens is 217 g/mol. The van der Waals surface area contributed by atoms with Crippen LogP contribution in [0.15, 0.2) is 42.9 Å². The second-order valence-corrected chi connectivity index (χ2v) is 3.94. The molecule has 3 nitrogen and oxygen atoms in total. The highest BCUT2D eigenvalue weighted by atomic mass is 19.1. The Morgan fingerprint density at radius 3 is 2.65 bits per heavy atom. The van der Waals surface area contributed by atoms with E-state index in [2.05, 4.69) is 10.1 Å². The molecule has 0 bridgehead atoms. The number of aromatic nitrogens is 3. The number of aryl methyl sites for hydroxylation is 1. The summed E-state index contributed by atoms with van der Waals surface area (Å²) >= 11 is 0. The van der Waals surface area contributed by atoms with Gasteiger partial charge in [-0.15, -0.1) is 0 Å². The summed E-state index contributed by atoms with van der Waals surface area (Å²) in [5.74, 6) is -0.246. The van der Waals surface area contributed by atoms with Crippen molar-refractivity contribution < 1.29 is 4.39 Å². The lowest BCUT2D eigenvalue weighted by Crippen LogP contribution is -1.92. The zero-order chi connectivity index (χ0) is 11.8. The van der Waals surface area contributed by atoms with E-state index in [1.54, 1.807) is 29.0 Å². The first-order chi connectivity index (χ1) is 8.24. The molecule has 84 valence electrons. The van der Waals surface area contributed by atoms with Crippen molar-refractivity contribution >= 4 is 5.52 Å². The lowest BCUT2D eigenvalue weighted by Gasteiger charge is -2.01. The first kappa shape index (κ1) is 9.96. The van der Waals surface area contributed by atoms with E-state index in [-0.39, 0.29) is 5.82 Å². The second-order valence-electron chi connectivity index (χ2n) is 3.94. The quantitative estimate of drug-likeness (QED) is 0.640. The minimum Gasteiger partial charge on any atom is -0.252 e. The number of rotatable bonds is 1. The van der Waals surface area contributed by atoms with Crippen LogP contribution in [0.2, 0.25) is 0 Å². The number of benzene rings is 1. The van der Waals surface area contributed by atoms with Crippen LogP contribution in [0.1, 0.15) is 5.56 Å². The molecule has 3 aromatic rings. The van der Waals surface area contributed by atoms with E-state index < -0.39 is 0 Å². The molecule has 0 saturated carbocycles. The summed E-state index contributed by atoms with van der Waals surface area (Å²) in [6.45, 7) is 1.99. The Kier molecular flexibility index (Phi) is 2.14. The average Bonchev–Trinajstić information content (AvgIpc) is 2.72. The predicted octanol–water partition coefficient (Wildman–Crippen LogP) is 2.84. The molecule has 0 radical (unpaired) electrons. The van der Waals surface area contributed by atoms with Crippen molar-refractivity contribution in [1.82, 2.24) is 14.6 Å². The molecule has 0 aliphatic carbocycles. The van der Waals surface area contributed by atoms with Crippen molar-refractivity contribution in [3.05, 3.63) is 54.2 Å². The SMILES string of the molecule is Cc1cnn2cc(-c3ccc(F)cc3)ncc12. The van der Waals surface area contributed by atoms with Crippen LogP contribution in [0, 0.1) is 12.7 Å². The topological polar surface area (TPSA) is 30.2 Å². The van der Waals surface area contributed by atoms with Crippen LogP contribution in [-0.4, -0.2) is 14.6 Å². The van der Waals surface area contributed by atoms with Gasteiger partial charge in [-0.25, -0.2) is 8.91 Å². The van der Waals surface area contributed by atoms with Gasteiger partial charge in [-0.1, -0.05) is 0 Å². The Morgan fingerprint density at radius 1 is 1.12 bits per heavy atom. The Balaban J connectivity index is 2.14. The van der Waals surface area contributed by atoms with Crippen molar-refractivity contribution in [3.8, 4) is 11.3 Å². The molecule has 17 heavy (non-hydrogen) atoms. The third-order valence-corrected chi connectivity index (χ3v) is 2.74. The number of halogens is 1. The molecule has 0 atom stereocenters. The van der Waals surface area contributed by atoms with Gasteiger partial charge in [0.05, 0.1) is 29.8 Å². The minimum atomic E-state index is -0.246. The maximum atomic E-state index is 12.8. The molecular formula is C13H10FN3. The van der Waals surface area contributed by atoms with E-state index in [0.29, 0.717) is 0 Å². The van der Waals surface area contributed by atoms with Gasteiger partial charge in [-0.2, -0.15) is 5.10 Å². The summed E-state index contributed by atoms with van der Waals surface area (Å²) in [6.07, 6.45) is 5.42. The van der Waals surface area contributed by atoms with Gasteiger partial charge >= 0.3 is 0 Å². The van der Waals surface area contributed by atoms with E-state index in [1.807, 2.05) is 13.1 Å². The highest BCUT2D eigenvalue weighted by Crippen LogP contribution is 2.18. The predicted molar refractivity (Wildman–Crippen MR) is 63.1 cm³/mol. The standard InChI is InChI=1S/C13H10FN3/c1-9-6-16-17-8-12(15-7-13(9)17)10-2-4-11(14)5-3-10/h2-8H,1H3. The summed E-state index contributed by atoms with van der Waals surface area (Å²) < 4.78 is 14.6. The molecule has 4 heteroatoms. The molecule has 0 aliphatic heterocycles. The van der Waals surface area contributed by atoms with E-state index in [9.17, 15) is 4.39 Å². The van der Waals surface area contributed by atoms with Crippen molar-refractivity contribution in [2.24, 2.45) is 0 Å². The Bertz CT molecular complexity index is 671. The second kappa shape index (κ2) is 3.66. The average molecular weight is 227 g/mol. The van der Waals surface area contributed by atoms with Crippen LogP contribution in [0.3, 0.4) is 0 Å². The molecule has 0 aliphatic rings. The summed E-state index contributed by atoms with van der Waals surface area (Å²) in [4.78, 5) is 4.36. The first-order valence-corrected chi connectivity index (χ1v) is 5.30. The normalized spacial score (nSPS) is 10.9. The fourth-order valence-corrected chi connectivity index (χ4v) is 1.77. The maximum absolute atomic E-state index is 12.8. The summed E-state index contributed by atoms with van der Waals surface area (Å²) in [6, 6.07) is 6.27. The minimum absolute atomic E-state index is 0.246. The van der Waals surface area contributed by atoms with E-state index in [4.69, 9.17) is 0 Å². The highest BCUT2D eigenvalue weighted by molar-refractivity contribution is 5.61. The zero-order valence-corrected chi connectivity index (χ0v) is 9.26. The lowest BCUT2D eigenvalue weighted by molar-refractivity contribution is 0.628. The Morgan fingerprint density at radius 2 is 1.88 bits per heavy atom. The van der Waals surface area contributed by atoms with Gasteiger partial charge in [0.15, 0.2) is 0 Å². The van der Waals surface area contributed by atoms with Gasteiger partial charge in [0.25, 0.3) is 0 Å². The third-order valence-electron chi connectivity index (χ3n) is 2.74. The summed E-state index contributed by atoms with van der Waals surface area (Å²) in [7, 11) is 0. The van der Waals surface area contributed by atoms with E-state index in [0.717, 1.165) is 22.3 Å². The maximum Gasteiger partial charge on any atom is 0.123 e. The highest BCUT2D eigenvalue weighted by Gasteiger charge is 2.04. The summed E-state index contributed by atoms with van der Waals surface area (Å²) in [5, 5.41) is 4.22. The molecule has 2 aromatic heterocycles. The summed E-state index contributed by atoms with van der Waals surface area (Å²) in [5.41, 5.74) is 3.72. The van der Waals surface area contributed by atoms with Crippen molar-refractivity contribution in [2.75, 3.05) is 0 Å². The lowest BCUT2D eigenvalue weighted by atomic mass is 10.1. The number of hydrogen-bond donors (Lipinski definition) is 0. The van der Waals surface area contributed by atoms with E-state index >= 15 is 0 Å². The molecule has 0 unspecified atom stereocenters.